The van der Waals surface area contributed by atoms with Crippen molar-refractivity contribution in [1.29, 1.82) is 0 Å². The first kappa shape index (κ1) is 118. The zero-order valence-corrected chi connectivity index (χ0v) is 82.7. The Morgan fingerprint density at radius 1 is 0.248 bits per heavy atom. The Morgan fingerprint density at radius 2 is 0.456 bits per heavy atom. The predicted octanol–water partition coefficient (Wildman–Crippen LogP) is 30.8. The molecule has 9 unspecified atom stereocenters. The van der Waals surface area contributed by atoms with E-state index in [0.29, 0.717) is 38.5 Å². The average Bonchev–Trinajstić information content (AvgIpc) is 1.62. The molecule has 2 heterocycles. The van der Waals surface area contributed by atoms with Crippen molar-refractivity contribution in [2.45, 2.75) is 636 Å². The lowest BCUT2D eigenvalue weighted by Gasteiger charge is -2.45. The molecule has 0 amide bonds. The summed E-state index contributed by atoms with van der Waals surface area (Å²) in [6, 6.07) is 0. The minimum Gasteiger partial charge on any atom is -0.463 e. The van der Waals surface area contributed by atoms with Crippen LogP contribution in [0.25, 0.3) is 0 Å². The third-order valence-corrected chi connectivity index (χ3v) is 26.4. The molecule has 17 nitrogen and oxygen atoms in total. The molecule has 0 aromatic heterocycles. The molecule has 0 radical (unpaired) electrons. The topological polar surface area (TPSA) is 226 Å². The molecular weight excluding hydrogens is 1570 g/mol. The van der Waals surface area contributed by atoms with Gasteiger partial charge in [-0.05, 0) is 38.5 Å². The maximum absolute atomic E-state index is 15.0. The SMILES string of the molecule is CCCCCCCCCCCCCCCC(=O)OCC1OC(COC(=O)CCCCCCCCCCCCCCC)(OC2OC(CO)C(O)C(OC(=O)CCCCCCCCCCCCCCC)C2OC(=O)CCCCCCCCCCCCCCC)C(OC(=O)CCCCCCCCCCCCCCC)C1OC(=O)CCCCCCCCCCCCCCC. The number of aliphatic hydroxyl groups is 2. The molecule has 736 valence electrons. The highest BCUT2D eigenvalue weighted by molar-refractivity contribution is 5.72. The van der Waals surface area contributed by atoms with Crippen LogP contribution in [0.3, 0.4) is 0 Å². The van der Waals surface area contributed by atoms with Gasteiger partial charge in [-0.25, -0.2) is 0 Å². The number of hydrogen-bond acceptors (Lipinski definition) is 17. The van der Waals surface area contributed by atoms with Crippen molar-refractivity contribution in [3.05, 3.63) is 0 Å². The molecule has 0 spiro atoms. The summed E-state index contributed by atoms with van der Waals surface area (Å²) in [6.45, 7) is 11.4. The number of rotatable bonds is 95. The van der Waals surface area contributed by atoms with Crippen LogP contribution >= 0.6 is 0 Å². The summed E-state index contributed by atoms with van der Waals surface area (Å²) < 4.78 is 59.4. The number of aliphatic hydroxyl groups excluding tert-OH is 2. The summed E-state index contributed by atoms with van der Waals surface area (Å²) in [4.78, 5) is 87.5. The van der Waals surface area contributed by atoms with Crippen molar-refractivity contribution < 1.29 is 81.6 Å². The molecule has 0 aromatic carbocycles. The van der Waals surface area contributed by atoms with E-state index in [0.717, 1.165) is 154 Å². The fourth-order valence-electron chi connectivity index (χ4n) is 18.2. The van der Waals surface area contributed by atoms with Crippen LogP contribution in [-0.4, -0.2) is 121 Å². The number of hydrogen-bond donors (Lipinski definition) is 2. The molecule has 9 atom stereocenters. The van der Waals surface area contributed by atoms with Crippen LogP contribution in [0.2, 0.25) is 0 Å². The van der Waals surface area contributed by atoms with E-state index in [1.165, 1.54) is 308 Å². The van der Waals surface area contributed by atoms with Gasteiger partial charge in [-0.3, -0.25) is 28.8 Å². The molecule has 2 saturated heterocycles. The van der Waals surface area contributed by atoms with Crippen LogP contribution < -0.4 is 0 Å². The van der Waals surface area contributed by atoms with Gasteiger partial charge in [-0.1, -0.05) is 504 Å². The van der Waals surface area contributed by atoms with Crippen LogP contribution in [0.4, 0.5) is 0 Å². The third kappa shape index (κ3) is 66.6. The highest BCUT2D eigenvalue weighted by Gasteiger charge is 2.65. The fraction of sp³-hybridized carbons (Fsp3) is 0.944. The molecular formula is C108H202O17. The maximum Gasteiger partial charge on any atom is 0.306 e. The largest absolute Gasteiger partial charge is 0.463 e. The van der Waals surface area contributed by atoms with E-state index in [2.05, 4.69) is 41.5 Å². The van der Waals surface area contributed by atoms with E-state index < -0.39 is 110 Å². The summed E-state index contributed by atoms with van der Waals surface area (Å²) >= 11 is 0. The molecule has 17 heteroatoms. The average molecular weight is 1770 g/mol. The number of carbonyl (C=O) groups is 6. The summed E-state index contributed by atoms with van der Waals surface area (Å²) in [5, 5.41) is 23.6. The first-order valence-electron chi connectivity index (χ1n) is 54.7. The first-order chi connectivity index (χ1) is 61.3. The van der Waals surface area contributed by atoms with Gasteiger partial charge in [0.2, 0.25) is 12.1 Å². The lowest BCUT2D eigenvalue weighted by molar-refractivity contribution is -0.384. The molecule has 2 rings (SSSR count). The normalized spacial score (nSPS) is 18.8. The van der Waals surface area contributed by atoms with Crippen LogP contribution in [-0.2, 0) is 71.4 Å². The Hall–Kier alpha value is -3.38. The molecule has 0 aromatic rings. The summed E-state index contributed by atoms with van der Waals surface area (Å²) in [7, 11) is 0. The van der Waals surface area contributed by atoms with Crippen molar-refractivity contribution in [2.75, 3.05) is 19.8 Å². The second-order valence-electron chi connectivity index (χ2n) is 38.4. The summed E-state index contributed by atoms with van der Waals surface area (Å²) in [6.07, 6.45) is 74.1. The van der Waals surface area contributed by atoms with Gasteiger partial charge in [0, 0.05) is 38.5 Å². The third-order valence-electron chi connectivity index (χ3n) is 26.4. The summed E-state index contributed by atoms with van der Waals surface area (Å²) in [5.41, 5.74) is 0. The van der Waals surface area contributed by atoms with E-state index in [-0.39, 0.29) is 38.5 Å². The van der Waals surface area contributed by atoms with Gasteiger partial charge >= 0.3 is 35.8 Å². The smallest absolute Gasteiger partial charge is 0.306 e. The lowest BCUT2D eigenvalue weighted by atomic mass is 9.97. The molecule has 0 aliphatic carbocycles. The van der Waals surface area contributed by atoms with Gasteiger partial charge in [-0.15, -0.1) is 0 Å². The first-order valence-corrected chi connectivity index (χ1v) is 54.7. The van der Waals surface area contributed by atoms with E-state index in [9.17, 15) is 34.2 Å². The quantitative estimate of drug-likeness (QED) is 0.0328. The van der Waals surface area contributed by atoms with E-state index in [4.69, 9.17) is 42.6 Å². The molecule has 2 fully saturated rings. The fourth-order valence-corrected chi connectivity index (χ4v) is 18.2. The van der Waals surface area contributed by atoms with Gasteiger partial charge in [0.05, 0.1) is 6.61 Å². The van der Waals surface area contributed by atoms with E-state index >= 15 is 4.79 Å². The van der Waals surface area contributed by atoms with Gasteiger partial charge in [-0.2, -0.15) is 0 Å². The molecule has 125 heavy (non-hydrogen) atoms. The molecule has 2 N–H and O–H groups in total. The highest BCUT2D eigenvalue weighted by Crippen LogP contribution is 2.42. The Kier molecular flexibility index (Phi) is 82.2. The van der Waals surface area contributed by atoms with Crippen LogP contribution in [0, 0.1) is 0 Å². The van der Waals surface area contributed by atoms with Crippen LogP contribution in [0.5, 0.6) is 0 Å². The zero-order valence-electron chi connectivity index (χ0n) is 82.7. The van der Waals surface area contributed by atoms with Crippen molar-refractivity contribution in [3.8, 4) is 0 Å². The van der Waals surface area contributed by atoms with E-state index in [1.807, 2.05) is 0 Å². The number of ether oxygens (including phenoxy) is 9. The van der Waals surface area contributed by atoms with E-state index in [1.54, 1.807) is 0 Å². The second-order valence-corrected chi connectivity index (χ2v) is 38.4. The van der Waals surface area contributed by atoms with Crippen LogP contribution in [0.1, 0.15) is 581 Å². The minimum atomic E-state index is -2.49. The molecule has 0 bridgehead atoms. The molecule has 2 aliphatic heterocycles. The van der Waals surface area contributed by atoms with Crippen molar-refractivity contribution in [3.63, 3.8) is 0 Å². The van der Waals surface area contributed by atoms with Crippen LogP contribution in [0.15, 0.2) is 0 Å². The van der Waals surface area contributed by atoms with Gasteiger partial charge in [0.25, 0.3) is 0 Å². The maximum atomic E-state index is 15.0. The Balaban J connectivity index is 2.78. The van der Waals surface area contributed by atoms with Crippen molar-refractivity contribution in [2.24, 2.45) is 0 Å². The van der Waals surface area contributed by atoms with Gasteiger partial charge in [0.1, 0.15) is 31.5 Å². The monoisotopic (exact) mass is 1770 g/mol. The highest BCUT2D eigenvalue weighted by atomic mass is 16.8. The number of unbranched alkanes of at least 4 members (excludes halogenated alkanes) is 72. The number of carbonyl (C=O) groups excluding carboxylic acids is 6. The Bertz CT molecular complexity index is 2430. The Morgan fingerprint density at radius 3 is 0.704 bits per heavy atom. The zero-order chi connectivity index (χ0) is 90.5. The van der Waals surface area contributed by atoms with Crippen molar-refractivity contribution >= 4 is 35.8 Å². The predicted molar refractivity (Wildman–Crippen MR) is 514 cm³/mol. The molecule has 2 aliphatic rings. The second kappa shape index (κ2) is 87.3. The molecule has 0 saturated carbocycles. The van der Waals surface area contributed by atoms with Gasteiger partial charge in [0.15, 0.2) is 24.4 Å². The summed E-state index contributed by atoms with van der Waals surface area (Å²) in [5.74, 6) is -6.19. The Labute approximate surface area is 768 Å². The minimum absolute atomic E-state index is 0.00241. The van der Waals surface area contributed by atoms with Gasteiger partial charge < -0.3 is 52.8 Å². The standard InChI is InChI=1S/C108H202O17/c1-7-13-19-25-31-37-43-49-55-61-67-73-79-85-96(110)117-92-95-103(120-98(112)87-81-75-69-63-57-51-45-39-33-27-21-15-9-3)106(123-101(115)90-84-78-72-66-60-54-48-42-36-30-24-18-12-6)108(124-95,93-118-97(111)86-80-74-68-62-56-50-44-38-32-26-20-14-8-2)125-107-105(122-100(114)89-83-77-71-65-59-53-47-41-35-29-23-17-11-5)104(102(116)94(91-109)119-107)121-99(113)88-82-76-70-64-58-52-46-40-34-28-22-16-10-4/h94-95,102-107,109,116H,7-93H2,1-6H3. The van der Waals surface area contributed by atoms with Crippen molar-refractivity contribution in [1.82, 2.24) is 0 Å². The number of esters is 6. The lowest BCUT2D eigenvalue weighted by Crippen LogP contribution is -2.65.